The summed E-state index contributed by atoms with van der Waals surface area (Å²) in [6.07, 6.45) is 0. The van der Waals surface area contributed by atoms with Crippen molar-refractivity contribution in [2.45, 2.75) is 5.92 Å². The second-order valence-electron chi connectivity index (χ2n) is 6.32. The van der Waals surface area contributed by atoms with Gasteiger partial charge in [0.25, 0.3) is 0 Å². The first kappa shape index (κ1) is 19.9. The van der Waals surface area contributed by atoms with Crippen molar-refractivity contribution < 1.29 is 14.6 Å². The van der Waals surface area contributed by atoms with Crippen LogP contribution in [0.5, 0.6) is 11.5 Å². The summed E-state index contributed by atoms with van der Waals surface area (Å²) in [4.78, 5) is 11.3. The van der Waals surface area contributed by atoms with Crippen molar-refractivity contribution in [3.05, 3.63) is 132 Å². The van der Waals surface area contributed by atoms with E-state index in [9.17, 15) is 9.90 Å². The number of carboxylic acid groups (broad SMARTS) is 1. The van der Waals surface area contributed by atoms with Crippen LogP contribution in [0.15, 0.2) is 121 Å². The van der Waals surface area contributed by atoms with E-state index in [1.165, 1.54) is 0 Å². The summed E-state index contributed by atoms with van der Waals surface area (Å²) in [5.74, 6) is 0.335. The fourth-order valence-electron chi connectivity index (χ4n) is 2.88. The van der Waals surface area contributed by atoms with Gasteiger partial charge < -0.3 is 9.84 Å². The van der Waals surface area contributed by atoms with Gasteiger partial charge in [-0.1, -0.05) is 97.1 Å². The van der Waals surface area contributed by atoms with Crippen molar-refractivity contribution in [3.8, 4) is 11.5 Å². The number of aliphatic carboxylic acids is 1. The smallest absolute Gasteiger partial charge is 0.315 e. The monoisotopic (exact) mass is 382 g/mol. The van der Waals surface area contributed by atoms with Crippen LogP contribution in [0.1, 0.15) is 17.0 Å². The molecule has 3 heteroatoms. The molecule has 0 amide bonds. The lowest BCUT2D eigenvalue weighted by Crippen LogP contribution is -2.12. The van der Waals surface area contributed by atoms with Crippen LogP contribution in [0, 0.1) is 0 Å². The van der Waals surface area contributed by atoms with Gasteiger partial charge in [-0.15, -0.1) is 0 Å². The van der Waals surface area contributed by atoms with Gasteiger partial charge in [0.15, 0.2) is 0 Å². The second-order valence-corrected chi connectivity index (χ2v) is 6.32. The molecular formula is C26H22O3. The number of ether oxygens (including phenoxy) is 1. The highest BCUT2D eigenvalue weighted by molar-refractivity contribution is 5.80. The number of hydrogen-bond donors (Lipinski definition) is 1. The van der Waals surface area contributed by atoms with Crippen LogP contribution in [-0.2, 0) is 4.79 Å². The largest absolute Gasteiger partial charge is 0.481 e. The lowest BCUT2D eigenvalue weighted by Gasteiger charge is -2.12. The number of hydrogen-bond acceptors (Lipinski definition) is 2. The minimum atomic E-state index is -0.822. The first-order valence-electron chi connectivity index (χ1n) is 9.34. The predicted octanol–water partition coefficient (Wildman–Crippen LogP) is 6.38. The van der Waals surface area contributed by atoms with E-state index < -0.39 is 11.9 Å². The highest BCUT2D eigenvalue weighted by Gasteiger charge is 2.21. The Hall–Kier alpha value is -3.85. The Morgan fingerprint density at radius 3 is 1.17 bits per heavy atom. The van der Waals surface area contributed by atoms with Crippen molar-refractivity contribution in [2.24, 2.45) is 0 Å². The Morgan fingerprint density at radius 2 is 0.862 bits per heavy atom. The Kier molecular flexibility index (Phi) is 7.19. The summed E-state index contributed by atoms with van der Waals surface area (Å²) >= 11 is 0. The molecule has 0 saturated heterocycles. The summed E-state index contributed by atoms with van der Waals surface area (Å²) in [5.41, 5.74) is 1.61. The maximum atomic E-state index is 11.3. The molecule has 4 rings (SSSR count). The molecule has 4 aromatic carbocycles. The molecule has 29 heavy (non-hydrogen) atoms. The molecule has 144 valence electrons. The predicted molar refractivity (Wildman–Crippen MR) is 115 cm³/mol. The van der Waals surface area contributed by atoms with Crippen LogP contribution >= 0.6 is 0 Å². The number of carboxylic acids is 1. The standard InChI is InChI=1S/C14H12O2.C12H10O/c15-14(16)13(11-7-3-1-4-8-11)12-9-5-2-6-10-12;1-3-7-11(8-4-1)13-12-9-5-2-6-10-12/h1-10,13H,(H,15,16);1-10H. The van der Waals surface area contributed by atoms with E-state index in [-0.39, 0.29) is 0 Å². The van der Waals surface area contributed by atoms with Crippen LogP contribution in [0.4, 0.5) is 0 Å². The SMILES string of the molecule is O=C(O)C(c1ccccc1)c1ccccc1.c1ccc(Oc2ccccc2)cc1. The summed E-state index contributed by atoms with van der Waals surface area (Å²) < 4.78 is 5.58. The maximum absolute atomic E-state index is 11.3. The molecule has 0 bridgehead atoms. The van der Waals surface area contributed by atoms with Crippen molar-refractivity contribution in [1.29, 1.82) is 0 Å². The van der Waals surface area contributed by atoms with Crippen molar-refractivity contribution >= 4 is 5.97 Å². The highest BCUT2D eigenvalue weighted by atomic mass is 16.5. The fraction of sp³-hybridized carbons (Fsp3) is 0.0385. The molecule has 0 unspecified atom stereocenters. The first-order chi connectivity index (χ1) is 14.2. The fourth-order valence-corrected chi connectivity index (χ4v) is 2.88. The summed E-state index contributed by atoms with van der Waals surface area (Å²) in [5, 5.41) is 9.28. The average molecular weight is 382 g/mol. The molecule has 0 saturated carbocycles. The number of para-hydroxylation sites is 2. The van der Waals surface area contributed by atoms with Crippen molar-refractivity contribution in [1.82, 2.24) is 0 Å². The normalized spacial score (nSPS) is 9.97. The maximum Gasteiger partial charge on any atom is 0.315 e. The van der Waals surface area contributed by atoms with Crippen LogP contribution in [0.2, 0.25) is 0 Å². The van der Waals surface area contributed by atoms with Gasteiger partial charge in [-0.05, 0) is 35.4 Å². The van der Waals surface area contributed by atoms with E-state index in [0.29, 0.717) is 0 Å². The Bertz CT molecular complexity index is 908. The Balaban J connectivity index is 0.000000169. The number of carbonyl (C=O) groups is 1. The molecule has 3 nitrogen and oxygen atoms in total. The van der Waals surface area contributed by atoms with Crippen LogP contribution in [0.25, 0.3) is 0 Å². The van der Waals surface area contributed by atoms with Crippen LogP contribution < -0.4 is 4.74 Å². The first-order valence-corrected chi connectivity index (χ1v) is 9.34. The van der Waals surface area contributed by atoms with Gasteiger partial charge in [0.2, 0.25) is 0 Å². The Morgan fingerprint density at radius 1 is 0.552 bits per heavy atom. The van der Waals surface area contributed by atoms with Gasteiger partial charge in [-0.25, -0.2) is 0 Å². The zero-order valence-electron chi connectivity index (χ0n) is 15.9. The van der Waals surface area contributed by atoms with E-state index in [1.807, 2.05) is 121 Å². The molecule has 0 aromatic heterocycles. The van der Waals surface area contributed by atoms with Gasteiger partial charge >= 0.3 is 5.97 Å². The van der Waals surface area contributed by atoms with E-state index in [0.717, 1.165) is 22.6 Å². The number of rotatable bonds is 5. The van der Waals surface area contributed by atoms with E-state index in [4.69, 9.17) is 4.74 Å². The third kappa shape index (κ3) is 6.08. The van der Waals surface area contributed by atoms with Gasteiger partial charge in [-0.2, -0.15) is 0 Å². The molecule has 0 radical (unpaired) electrons. The summed E-state index contributed by atoms with van der Waals surface area (Å²) in [6.45, 7) is 0. The Labute approximate surface area is 170 Å². The van der Waals surface area contributed by atoms with Crippen LogP contribution in [-0.4, -0.2) is 11.1 Å². The van der Waals surface area contributed by atoms with Gasteiger partial charge in [-0.3, -0.25) is 4.79 Å². The third-order valence-electron chi connectivity index (χ3n) is 4.23. The van der Waals surface area contributed by atoms with E-state index in [1.54, 1.807) is 0 Å². The molecule has 0 spiro atoms. The lowest BCUT2D eigenvalue weighted by molar-refractivity contribution is -0.137. The topological polar surface area (TPSA) is 46.5 Å². The zero-order valence-corrected chi connectivity index (χ0v) is 15.9. The van der Waals surface area contributed by atoms with Crippen molar-refractivity contribution in [2.75, 3.05) is 0 Å². The average Bonchev–Trinajstić information content (AvgIpc) is 2.77. The molecule has 0 atom stereocenters. The molecule has 1 N–H and O–H groups in total. The van der Waals surface area contributed by atoms with Gasteiger partial charge in [0.1, 0.15) is 17.4 Å². The quantitative estimate of drug-likeness (QED) is 0.435. The summed E-state index contributed by atoms with van der Waals surface area (Å²) in [6, 6.07) is 38.1. The molecule has 0 aliphatic carbocycles. The van der Waals surface area contributed by atoms with E-state index in [2.05, 4.69) is 0 Å². The lowest BCUT2D eigenvalue weighted by atomic mass is 9.92. The summed E-state index contributed by atoms with van der Waals surface area (Å²) in [7, 11) is 0. The molecule has 0 fully saturated rings. The minimum absolute atomic E-state index is 0.581. The second kappa shape index (κ2) is 10.5. The molecule has 0 heterocycles. The molecular weight excluding hydrogens is 360 g/mol. The molecule has 0 aliphatic heterocycles. The third-order valence-corrected chi connectivity index (χ3v) is 4.23. The van der Waals surface area contributed by atoms with Crippen molar-refractivity contribution in [3.63, 3.8) is 0 Å². The molecule has 4 aromatic rings. The minimum Gasteiger partial charge on any atom is -0.481 e. The molecule has 0 aliphatic rings. The van der Waals surface area contributed by atoms with Gasteiger partial charge in [0, 0.05) is 0 Å². The zero-order chi connectivity index (χ0) is 20.3. The van der Waals surface area contributed by atoms with Crippen LogP contribution in [0.3, 0.4) is 0 Å². The van der Waals surface area contributed by atoms with Gasteiger partial charge in [0.05, 0.1) is 0 Å². The number of benzene rings is 4. The van der Waals surface area contributed by atoms with E-state index >= 15 is 0 Å². The highest BCUT2D eigenvalue weighted by Crippen LogP contribution is 2.24.